The fourth-order valence-corrected chi connectivity index (χ4v) is 2.78. The number of hydrogen-bond acceptors (Lipinski definition) is 5. The molecule has 0 aromatic heterocycles. The lowest BCUT2D eigenvalue weighted by atomic mass is 10.1. The SMILES string of the molecule is COc1ccccc1N1CCN(C(=O)CNC(=O)[C@@H](N)C(C)C)CC1. The molecule has 0 saturated carbocycles. The molecule has 0 aliphatic carbocycles. The molecule has 138 valence electrons. The van der Waals surface area contributed by atoms with Crippen LogP contribution in [0.2, 0.25) is 0 Å². The molecule has 1 fully saturated rings. The molecule has 1 atom stereocenters. The lowest BCUT2D eigenvalue weighted by molar-refractivity contribution is -0.133. The van der Waals surface area contributed by atoms with E-state index in [-0.39, 0.29) is 24.3 Å². The van der Waals surface area contributed by atoms with Crippen molar-refractivity contribution >= 4 is 17.5 Å². The summed E-state index contributed by atoms with van der Waals surface area (Å²) < 4.78 is 5.40. The Morgan fingerprint density at radius 1 is 1.20 bits per heavy atom. The highest BCUT2D eigenvalue weighted by atomic mass is 16.5. The van der Waals surface area contributed by atoms with Crippen LogP contribution in [-0.4, -0.2) is 62.6 Å². The van der Waals surface area contributed by atoms with Gasteiger partial charge in [-0.25, -0.2) is 0 Å². The molecule has 1 aliphatic heterocycles. The van der Waals surface area contributed by atoms with E-state index in [1.807, 2.05) is 38.1 Å². The van der Waals surface area contributed by atoms with Crippen LogP contribution in [0.15, 0.2) is 24.3 Å². The summed E-state index contributed by atoms with van der Waals surface area (Å²) >= 11 is 0. The van der Waals surface area contributed by atoms with Gasteiger partial charge in [0.2, 0.25) is 11.8 Å². The smallest absolute Gasteiger partial charge is 0.242 e. The maximum atomic E-state index is 12.3. The largest absolute Gasteiger partial charge is 0.495 e. The second-order valence-corrected chi connectivity index (χ2v) is 6.53. The number of anilines is 1. The Kier molecular flexibility index (Phi) is 6.64. The number of rotatable bonds is 6. The number of piperazine rings is 1. The molecule has 1 saturated heterocycles. The number of carbonyl (C=O) groups excluding carboxylic acids is 2. The summed E-state index contributed by atoms with van der Waals surface area (Å²) in [5.74, 6) is 0.511. The van der Waals surface area contributed by atoms with Crippen LogP contribution >= 0.6 is 0 Å². The van der Waals surface area contributed by atoms with E-state index in [1.165, 1.54) is 0 Å². The second-order valence-electron chi connectivity index (χ2n) is 6.53. The van der Waals surface area contributed by atoms with Gasteiger partial charge < -0.3 is 25.6 Å². The molecule has 0 bridgehead atoms. The molecule has 2 rings (SSSR count). The summed E-state index contributed by atoms with van der Waals surface area (Å²) in [6, 6.07) is 7.27. The Hall–Kier alpha value is -2.28. The normalized spacial score (nSPS) is 15.9. The van der Waals surface area contributed by atoms with Crippen molar-refractivity contribution < 1.29 is 14.3 Å². The first kappa shape index (κ1) is 19.1. The molecule has 1 aromatic carbocycles. The summed E-state index contributed by atoms with van der Waals surface area (Å²) in [7, 11) is 1.66. The van der Waals surface area contributed by atoms with E-state index in [0.717, 1.165) is 24.5 Å². The van der Waals surface area contributed by atoms with Gasteiger partial charge in [-0.1, -0.05) is 26.0 Å². The number of nitrogens with one attached hydrogen (secondary N) is 1. The Balaban J connectivity index is 1.83. The third-order valence-electron chi connectivity index (χ3n) is 4.49. The highest BCUT2D eigenvalue weighted by Crippen LogP contribution is 2.28. The number of hydrogen-bond donors (Lipinski definition) is 2. The van der Waals surface area contributed by atoms with Gasteiger partial charge in [-0.15, -0.1) is 0 Å². The maximum absolute atomic E-state index is 12.3. The molecule has 7 nitrogen and oxygen atoms in total. The van der Waals surface area contributed by atoms with Gasteiger partial charge in [0.1, 0.15) is 5.75 Å². The fourth-order valence-electron chi connectivity index (χ4n) is 2.78. The summed E-state index contributed by atoms with van der Waals surface area (Å²) in [6.07, 6.45) is 0. The first-order valence-electron chi connectivity index (χ1n) is 8.63. The third-order valence-corrected chi connectivity index (χ3v) is 4.49. The number of carbonyl (C=O) groups is 2. The summed E-state index contributed by atoms with van der Waals surface area (Å²) in [5.41, 5.74) is 6.81. The van der Waals surface area contributed by atoms with Gasteiger partial charge in [0.05, 0.1) is 25.4 Å². The zero-order valence-electron chi connectivity index (χ0n) is 15.2. The highest BCUT2D eigenvalue weighted by molar-refractivity contribution is 5.87. The number of nitrogens with zero attached hydrogens (tertiary/aromatic N) is 2. The van der Waals surface area contributed by atoms with Crippen LogP contribution in [0.3, 0.4) is 0 Å². The molecule has 3 N–H and O–H groups in total. The first-order chi connectivity index (χ1) is 11.9. The standard InChI is InChI=1S/C18H28N4O3/c1-13(2)17(19)18(24)20-12-16(23)22-10-8-21(9-11-22)14-6-4-5-7-15(14)25-3/h4-7,13,17H,8-12,19H2,1-3H3,(H,20,24)/t17-/m0/s1. The van der Waals surface area contributed by atoms with Crippen molar-refractivity contribution in [2.24, 2.45) is 11.7 Å². The minimum atomic E-state index is -0.588. The average Bonchev–Trinajstić information content (AvgIpc) is 2.65. The van der Waals surface area contributed by atoms with Crippen molar-refractivity contribution in [3.8, 4) is 5.75 Å². The second kappa shape index (κ2) is 8.71. The zero-order valence-corrected chi connectivity index (χ0v) is 15.2. The van der Waals surface area contributed by atoms with E-state index >= 15 is 0 Å². The minimum absolute atomic E-state index is 0.00604. The molecule has 2 amide bonds. The van der Waals surface area contributed by atoms with Crippen LogP contribution in [0.1, 0.15) is 13.8 Å². The number of para-hydroxylation sites is 2. The quantitative estimate of drug-likeness (QED) is 0.779. The van der Waals surface area contributed by atoms with Gasteiger partial charge in [0.25, 0.3) is 0 Å². The fraction of sp³-hybridized carbons (Fsp3) is 0.556. The number of amides is 2. The predicted octanol–water partition coefficient (Wildman–Crippen LogP) is 0.443. The predicted molar refractivity (Wildman–Crippen MR) is 97.6 cm³/mol. The van der Waals surface area contributed by atoms with Gasteiger partial charge in [0, 0.05) is 26.2 Å². The van der Waals surface area contributed by atoms with E-state index in [9.17, 15) is 9.59 Å². The number of ether oxygens (including phenoxy) is 1. The first-order valence-corrected chi connectivity index (χ1v) is 8.63. The Morgan fingerprint density at radius 3 is 2.44 bits per heavy atom. The Morgan fingerprint density at radius 2 is 1.84 bits per heavy atom. The van der Waals surface area contributed by atoms with E-state index in [2.05, 4.69) is 10.2 Å². The van der Waals surface area contributed by atoms with E-state index < -0.39 is 6.04 Å². The monoisotopic (exact) mass is 348 g/mol. The molecule has 0 radical (unpaired) electrons. The Labute approximate surface area is 149 Å². The van der Waals surface area contributed by atoms with Gasteiger partial charge in [-0.2, -0.15) is 0 Å². The summed E-state index contributed by atoms with van der Waals surface area (Å²) in [5, 5.41) is 2.63. The van der Waals surface area contributed by atoms with Crippen molar-refractivity contribution in [1.82, 2.24) is 10.2 Å². The van der Waals surface area contributed by atoms with E-state index in [4.69, 9.17) is 10.5 Å². The van der Waals surface area contributed by atoms with Crippen LogP contribution < -0.4 is 20.7 Å². The van der Waals surface area contributed by atoms with Gasteiger partial charge >= 0.3 is 0 Å². The van der Waals surface area contributed by atoms with Gasteiger partial charge in [-0.05, 0) is 18.1 Å². The average molecular weight is 348 g/mol. The molecule has 1 heterocycles. The van der Waals surface area contributed by atoms with Crippen molar-refractivity contribution in [3.05, 3.63) is 24.3 Å². The molecule has 7 heteroatoms. The number of methoxy groups -OCH3 is 1. The maximum Gasteiger partial charge on any atom is 0.242 e. The van der Waals surface area contributed by atoms with Crippen LogP contribution in [0.5, 0.6) is 5.75 Å². The minimum Gasteiger partial charge on any atom is -0.495 e. The van der Waals surface area contributed by atoms with Crippen LogP contribution in [-0.2, 0) is 9.59 Å². The molecular formula is C18H28N4O3. The van der Waals surface area contributed by atoms with Crippen molar-refractivity contribution in [3.63, 3.8) is 0 Å². The van der Waals surface area contributed by atoms with E-state index in [0.29, 0.717) is 13.1 Å². The molecule has 25 heavy (non-hydrogen) atoms. The lowest BCUT2D eigenvalue weighted by Crippen LogP contribution is -2.53. The highest BCUT2D eigenvalue weighted by Gasteiger charge is 2.24. The zero-order chi connectivity index (χ0) is 18.4. The summed E-state index contributed by atoms with van der Waals surface area (Å²) in [4.78, 5) is 28.1. The molecular weight excluding hydrogens is 320 g/mol. The molecule has 0 unspecified atom stereocenters. The number of benzene rings is 1. The van der Waals surface area contributed by atoms with Crippen molar-refractivity contribution in [2.45, 2.75) is 19.9 Å². The molecule has 0 spiro atoms. The van der Waals surface area contributed by atoms with Gasteiger partial charge in [0.15, 0.2) is 0 Å². The van der Waals surface area contributed by atoms with Crippen LogP contribution in [0.4, 0.5) is 5.69 Å². The Bertz CT molecular complexity index is 598. The third kappa shape index (κ3) is 4.85. The molecule has 1 aliphatic rings. The van der Waals surface area contributed by atoms with Crippen molar-refractivity contribution in [2.75, 3.05) is 44.7 Å². The molecule has 1 aromatic rings. The van der Waals surface area contributed by atoms with Crippen LogP contribution in [0.25, 0.3) is 0 Å². The topological polar surface area (TPSA) is 87.9 Å². The van der Waals surface area contributed by atoms with E-state index in [1.54, 1.807) is 12.0 Å². The van der Waals surface area contributed by atoms with Crippen molar-refractivity contribution in [1.29, 1.82) is 0 Å². The summed E-state index contributed by atoms with van der Waals surface area (Å²) in [6.45, 7) is 6.43. The lowest BCUT2D eigenvalue weighted by Gasteiger charge is -2.36. The number of nitrogens with two attached hydrogens (primary N) is 1. The van der Waals surface area contributed by atoms with Gasteiger partial charge in [-0.3, -0.25) is 9.59 Å². The van der Waals surface area contributed by atoms with Crippen LogP contribution in [0, 0.1) is 5.92 Å².